The number of aromatic amines is 2. The van der Waals surface area contributed by atoms with E-state index in [0.717, 1.165) is 64.5 Å². The van der Waals surface area contributed by atoms with Crippen LogP contribution in [-0.2, 0) is 4.79 Å². The maximum Gasteiger partial charge on any atom is 0.227 e. The summed E-state index contributed by atoms with van der Waals surface area (Å²) in [6.07, 6.45) is 11.2. The summed E-state index contributed by atoms with van der Waals surface area (Å²) in [4.78, 5) is 34.1. The third-order valence-corrected chi connectivity index (χ3v) is 7.19. The topological polar surface area (TPSA) is 125 Å². The Bertz CT molecular complexity index is 1780. The van der Waals surface area contributed by atoms with Crippen LogP contribution in [0.3, 0.4) is 0 Å². The van der Waals surface area contributed by atoms with Crippen LogP contribution in [0.2, 0.25) is 0 Å². The van der Waals surface area contributed by atoms with Crippen molar-refractivity contribution in [1.29, 1.82) is 0 Å². The zero-order valence-corrected chi connectivity index (χ0v) is 20.5. The number of hydrogen-bond donors (Lipinski definition) is 3. The zero-order valence-electron chi connectivity index (χ0n) is 20.5. The average Bonchev–Trinajstić information content (AvgIpc) is 3.73. The molecular formula is C29H24N8O. The summed E-state index contributed by atoms with van der Waals surface area (Å²) in [5.74, 6) is 0.799. The van der Waals surface area contributed by atoms with Crippen molar-refractivity contribution in [2.75, 3.05) is 5.32 Å². The normalized spacial score (nSPS) is 13.9. The molecule has 0 unspecified atom stereocenters. The summed E-state index contributed by atoms with van der Waals surface area (Å²) in [7, 11) is 0. The fourth-order valence-electron chi connectivity index (χ4n) is 5.23. The van der Waals surface area contributed by atoms with E-state index in [0.29, 0.717) is 22.9 Å². The second-order valence-electron chi connectivity index (χ2n) is 9.62. The van der Waals surface area contributed by atoms with Gasteiger partial charge in [0.2, 0.25) is 5.91 Å². The maximum absolute atomic E-state index is 12.6. The van der Waals surface area contributed by atoms with Crippen LogP contribution in [-0.4, -0.2) is 41.0 Å². The molecule has 9 nitrogen and oxygen atoms in total. The van der Waals surface area contributed by atoms with Crippen molar-refractivity contribution < 1.29 is 4.79 Å². The Balaban J connectivity index is 1.25. The van der Waals surface area contributed by atoms with Crippen molar-refractivity contribution in [3.8, 4) is 33.9 Å². The molecule has 9 heteroatoms. The molecule has 0 saturated heterocycles. The van der Waals surface area contributed by atoms with Crippen molar-refractivity contribution in [2.45, 2.75) is 25.7 Å². The van der Waals surface area contributed by atoms with Crippen LogP contribution in [0, 0.1) is 5.92 Å². The third kappa shape index (κ3) is 3.98. The summed E-state index contributed by atoms with van der Waals surface area (Å²) in [6.45, 7) is 0. The average molecular weight is 501 g/mol. The van der Waals surface area contributed by atoms with Crippen molar-refractivity contribution in [3.05, 3.63) is 73.3 Å². The van der Waals surface area contributed by atoms with Gasteiger partial charge in [0.25, 0.3) is 0 Å². The highest BCUT2D eigenvalue weighted by Gasteiger charge is 2.23. The smallest absolute Gasteiger partial charge is 0.227 e. The zero-order chi connectivity index (χ0) is 25.5. The van der Waals surface area contributed by atoms with Gasteiger partial charge in [-0.25, -0.2) is 9.97 Å². The lowest BCUT2D eigenvalue weighted by molar-refractivity contribution is -0.119. The molecule has 0 atom stereocenters. The molecule has 3 N–H and O–H groups in total. The Hall–Kier alpha value is -4.92. The quantitative estimate of drug-likeness (QED) is 0.277. The Morgan fingerprint density at radius 2 is 1.87 bits per heavy atom. The lowest BCUT2D eigenvalue weighted by atomic mass is 10.0. The highest BCUT2D eigenvalue weighted by molar-refractivity contribution is 5.97. The number of hydrogen-bond acceptors (Lipinski definition) is 6. The van der Waals surface area contributed by atoms with E-state index >= 15 is 0 Å². The first-order valence-electron chi connectivity index (χ1n) is 12.7. The van der Waals surface area contributed by atoms with E-state index in [4.69, 9.17) is 4.98 Å². The van der Waals surface area contributed by atoms with Crippen molar-refractivity contribution in [1.82, 2.24) is 35.1 Å². The highest BCUT2D eigenvalue weighted by Crippen LogP contribution is 2.33. The molecule has 186 valence electrons. The fourth-order valence-corrected chi connectivity index (χ4v) is 5.23. The van der Waals surface area contributed by atoms with Crippen LogP contribution in [0.25, 0.3) is 56.0 Å². The monoisotopic (exact) mass is 500 g/mol. The first-order chi connectivity index (χ1) is 18.7. The number of H-pyrrole nitrogens is 2. The molecule has 1 saturated carbocycles. The van der Waals surface area contributed by atoms with E-state index < -0.39 is 0 Å². The molecule has 5 aromatic heterocycles. The number of carbonyl (C=O) groups excluding carboxylic acids is 1. The minimum Gasteiger partial charge on any atom is -0.335 e. The minimum atomic E-state index is 0.0811. The van der Waals surface area contributed by atoms with Gasteiger partial charge in [-0.05, 0) is 54.8 Å². The first kappa shape index (κ1) is 22.3. The number of imidazole rings is 1. The van der Waals surface area contributed by atoms with Crippen LogP contribution in [0.5, 0.6) is 0 Å². The number of aromatic nitrogens is 7. The van der Waals surface area contributed by atoms with Crippen LogP contribution >= 0.6 is 0 Å². The number of carbonyl (C=O) groups is 1. The molecule has 1 aliphatic rings. The molecule has 1 fully saturated rings. The largest absolute Gasteiger partial charge is 0.335 e. The second-order valence-corrected chi connectivity index (χ2v) is 9.62. The van der Waals surface area contributed by atoms with Crippen LogP contribution in [0.4, 0.5) is 5.69 Å². The molecule has 0 bridgehead atoms. The molecule has 38 heavy (non-hydrogen) atoms. The summed E-state index contributed by atoms with van der Waals surface area (Å²) in [5, 5.41) is 11.6. The van der Waals surface area contributed by atoms with Gasteiger partial charge >= 0.3 is 0 Å². The molecular weight excluding hydrogens is 476 g/mol. The van der Waals surface area contributed by atoms with Gasteiger partial charge < -0.3 is 10.3 Å². The molecule has 1 aliphatic carbocycles. The molecule has 1 aromatic carbocycles. The number of nitrogens with one attached hydrogen (secondary N) is 3. The van der Waals surface area contributed by atoms with E-state index in [1.807, 2.05) is 42.5 Å². The minimum absolute atomic E-state index is 0.0811. The Kier molecular flexibility index (Phi) is 5.39. The Labute approximate surface area is 217 Å². The maximum atomic E-state index is 12.6. The van der Waals surface area contributed by atoms with E-state index in [9.17, 15) is 4.79 Å². The van der Waals surface area contributed by atoms with Gasteiger partial charge in [-0.15, -0.1) is 0 Å². The number of nitrogens with zero attached hydrogens (tertiary/aromatic N) is 5. The third-order valence-electron chi connectivity index (χ3n) is 7.19. The molecule has 7 rings (SSSR count). The highest BCUT2D eigenvalue weighted by atomic mass is 16.1. The van der Waals surface area contributed by atoms with Crippen molar-refractivity contribution in [3.63, 3.8) is 0 Å². The SMILES string of the molecule is O=C(Nc1cncc(-c2ccc3[nH]nc(-c4nc5nccc(-c6ccccn6)c5[nH]4)c3c2)c1)C1CCCC1. The van der Waals surface area contributed by atoms with Gasteiger partial charge in [0.05, 0.1) is 28.6 Å². The van der Waals surface area contributed by atoms with E-state index in [-0.39, 0.29) is 11.8 Å². The lowest BCUT2D eigenvalue weighted by Gasteiger charge is -2.11. The molecule has 1 amide bonds. The molecule has 0 radical (unpaired) electrons. The predicted molar refractivity (Wildman–Crippen MR) is 146 cm³/mol. The van der Waals surface area contributed by atoms with Gasteiger partial charge in [0.15, 0.2) is 11.5 Å². The van der Waals surface area contributed by atoms with E-state index in [2.05, 4.69) is 41.5 Å². The van der Waals surface area contributed by atoms with Gasteiger partial charge in [0.1, 0.15) is 5.69 Å². The van der Waals surface area contributed by atoms with Gasteiger partial charge in [-0.1, -0.05) is 25.0 Å². The summed E-state index contributed by atoms with van der Waals surface area (Å²) in [6, 6.07) is 15.8. The first-order valence-corrected chi connectivity index (χ1v) is 12.7. The molecule has 0 spiro atoms. The van der Waals surface area contributed by atoms with Gasteiger partial charge in [0, 0.05) is 41.0 Å². The number of rotatable bonds is 5. The number of anilines is 1. The van der Waals surface area contributed by atoms with E-state index in [1.54, 1.807) is 24.8 Å². The standard InChI is InChI=1S/C29H24N8O/c38-29(17-5-1-2-6-17)33-20-13-19(15-30-16-20)18-8-9-24-22(14-18)26(37-36-24)28-34-25-21(10-12-32-27(25)35-28)23-7-3-4-11-31-23/h3-4,7-17H,1-2,5-6H2,(H,33,38)(H,36,37)(H,32,34,35). The number of amides is 1. The number of benzene rings is 1. The lowest BCUT2D eigenvalue weighted by Crippen LogP contribution is -2.20. The second kappa shape index (κ2) is 9.19. The van der Waals surface area contributed by atoms with Gasteiger partial charge in [-0.3, -0.25) is 19.9 Å². The summed E-state index contributed by atoms with van der Waals surface area (Å²) >= 11 is 0. The van der Waals surface area contributed by atoms with Crippen LogP contribution < -0.4 is 5.32 Å². The van der Waals surface area contributed by atoms with Crippen LogP contribution in [0.15, 0.2) is 73.3 Å². The number of pyridine rings is 3. The van der Waals surface area contributed by atoms with E-state index in [1.165, 1.54) is 0 Å². The van der Waals surface area contributed by atoms with Gasteiger partial charge in [-0.2, -0.15) is 5.10 Å². The van der Waals surface area contributed by atoms with Crippen LogP contribution in [0.1, 0.15) is 25.7 Å². The fraction of sp³-hybridized carbons (Fsp3) is 0.172. The summed E-state index contributed by atoms with van der Waals surface area (Å²) in [5.41, 5.74) is 7.35. The molecule has 0 aliphatic heterocycles. The molecule has 6 aromatic rings. The Morgan fingerprint density at radius 3 is 2.74 bits per heavy atom. The summed E-state index contributed by atoms with van der Waals surface area (Å²) < 4.78 is 0. The van der Waals surface area contributed by atoms with Crippen molar-refractivity contribution in [2.24, 2.45) is 5.92 Å². The predicted octanol–water partition coefficient (Wildman–Crippen LogP) is 5.75. The van der Waals surface area contributed by atoms with Crippen molar-refractivity contribution >= 4 is 33.7 Å². The Morgan fingerprint density at radius 1 is 0.947 bits per heavy atom. The molecule has 5 heterocycles. The number of fused-ring (bicyclic) bond motifs is 2.